The monoisotopic (exact) mass is 486 g/mol. The van der Waals surface area contributed by atoms with E-state index in [0.717, 1.165) is 11.1 Å². The van der Waals surface area contributed by atoms with Crippen LogP contribution in [-0.2, 0) is 28.6 Å². The summed E-state index contributed by atoms with van der Waals surface area (Å²) in [5.41, 5.74) is -1.92. The van der Waals surface area contributed by atoms with E-state index in [1.807, 2.05) is 6.92 Å². The van der Waals surface area contributed by atoms with Gasteiger partial charge in [0.2, 0.25) is 0 Å². The molecule has 2 bridgehead atoms. The second-order valence-electron chi connectivity index (χ2n) is 11.7. The minimum Gasteiger partial charge on any atom is -0.472 e. The van der Waals surface area contributed by atoms with E-state index in [1.54, 1.807) is 32.4 Å². The zero-order valence-corrected chi connectivity index (χ0v) is 21.0. The standard InChI is InChI=1S/C27H34O8/c1-14-16-7-9-25(4)22(15-8-10-33-13-15)34-19(29)12-27(14,25)35-18-11-17(28)24(2,3)21(26(16,18)5)20(30)23(31)32-6/h8,10,13,16,18,20-22,30H,1,7,9,11-12H2,2-6H3/t16-,18-,20?,21-,22+,25-,26-,27+/m0/s1. The minimum atomic E-state index is -1.50. The van der Waals surface area contributed by atoms with Crippen molar-refractivity contribution in [1.29, 1.82) is 0 Å². The average Bonchev–Trinajstić information content (AvgIpc) is 3.32. The summed E-state index contributed by atoms with van der Waals surface area (Å²) in [6.07, 6.45) is 1.91. The first-order valence-corrected chi connectivity index (χ1v) is 12.2. The number of hydrogen-bond donors (Lipinski definition) is 1. The van der Waals surface area contributed by atoms with Gasteiger partial charge in [0, 0.05) is 34.1 Å². The molecule has 0 aromatic carbocycles. The predicted molar refractivity (Wildman–Crippen MR) is 123 cm³/mol. The fraction of sp³-hybridized carbons (Fsp3) is 0.667. The fourth-order valence-corrected chi connectivity index (χ4v) is 8.08. The van der Waals surface area contributed by atoms with Crippen molar-refractivity contribution >= 4 is 17.7 Å². The number of carbonyl (C=O) groups excluding carboxylic acids is 3. The zero-order chi connectivity index (χ0) is 25.6. The van der Waals surface area contributed by atoms with Gasteiger partial charge < -0.3 is 23.7 Å². The smallest absolute Gasteiger partial charge is 0.335 e. The molecule has 2 aliphatic carbocycles. The van der Waals surface area contributed by atoms with Gasteiger partial charge in [0.25, 0.3) is 0 Å². The number of esters is 2. The molecule has 2 aliphatic heterocycles. The Kier molecular flexibility index (Phi) is 5.22. The number of hydrogen-bond acceptors (Lipinski definition) is 8. The van der Waals surface area contributed by atoms with Gasteiger partial charge in [0.1, 0.15) is 17.5 Å². The molecule has 35 heavy (non-hydrogen) atoms. The molecular formula is C27H34O8. The Hall–Kier alpha value is -2.45. The number of cyclic esters (lactones) is 1. The van der Waals surface area contributed by atoms with Crippen LogP contribution in [0.15, 0.2) is 35.2 Å². The van der Waals surface area contributed by atoms with Crippen LogP contribution in [0.5, 0.6) is 0 Å². The quantitative estimate of drug-likeness (QED) is 0.510. The van der Waals surface area contributed by atoms with Crippen molar-refractivity contribution in [2.75, 3.05) is 7.11 Å². The van der Waals surface area contributed by atoms with E-state index in [9.17, 15) is 19.5 Å². The summed E-state index contributed by atoms with van der Waals surface area (Å²) >= 11 is 0. The van der Waals surface area contributed by atoms with Gasteiger partial charge in [-0.25, -0.2) is 4.79 Å². The Morgan fingerprint density at radius 2 is 1.97 bits per heavy atom. The third-order valence-electron chi connectivity index (χ3n) is 9.96. The topological polar surface area (TPSA) is 112 Å². The number of furan rings is 1. The van der Waals surface area contributed by atoms with Gasteiger partial charge in [-0.05, 0) is 30.4 Å². The summed E-state index contributed by atoms with van der Waals surface area (Å²) < 4.78 is 23.0. The molecule has 2 saturated heterocycles. The molecule has 8 nitrogen and oxygen atoms in total. The maximum Gasteiger partial charge on any atom is 0.335 e. The Bertz CT molecular complexity index is 1090. The molecule has 4 aliphatic rings. The molecule has 0 amide bonds. The number of carbonyl (C=O) groups is 3. The third-order valence-corrected chi connectivity index (χ3v) is 9.96. The third kappa shape index (κ3) is 2.90. The van der Waals surface area contributed by atoms with E-state index in [-0.39, 0.29) is 24.5 Å². The first-order chi connectivity index (χ1) is 16.3. The van der Waals surface area contributed by atoms with Crippen LogP contribution in [0.3, 0.4) is 0 Å². The van der Waals surface area contributed by atoms with Crippen LogP contribution < -0.4 is 0 Å². The highest BCUT2D eigenvalue weighted by molar-refractivity contribution is 5.88. The predicted octanol–water partition coefficient (Wildman–Crippen LogP) is 3.53. The van der Waals surface area contributed by atoms with E-state index >= 15 is 0 Å². The van der Waals surface area contributed by atoms with Crippen LogP contribution in [0.2, 0.25) is 0 Å². The Balaban J connectivity index is 1.65. The van der Waals surface area contributed by atoms with Crippen LogP contribution in [0.1, 0.15) is 65.0 Å². The summed E-state index contributed by atoms with van der Waals surface area (Å²) in [7, 11) is 1.23. The summed E-state index contributed by atoms with van der Waals surface area (Å²) in [6.45, 7) is 12.1. The number of methoxy groups -OCH3 is 1. The number of ketones is 1. The molecule has 4 fully saturated rings. The van der Waals surface area contributed by atoms with Gasteiger partial charge >= 0.3 is 11.9 Å². The van der Waals surface area contributed by atoms with Crippen LogP contribution in [0, 0.1) is 28.1 Å². The van der Waals surface area contributed by atoms with Gasteiger partial charge in [0.15, 0.2) is 6.10 Å². The number of Topliss-reactive ketones (excluding diaryl/α,β-unsaturated/α-hetero) is 1. The second kappa shape index (κ2) is 7.53. The Labute approximate surface area is 205 Å². The number of ether oxygens (including phenoxy) is 3. The van der Waals surface area contributed by atoms with Crippen molar-refractivity contribution in [2.24, 2.45) is 28.1 Å². The fourth-order valence-electron chi connectivity index (χ4n) is 8.08. The molecule has 8 heteroatoms. The van der Waals surface area contributed by atoms with Crippen molar-refractivity contribution in [3.63, 3.8) is 0 Å². The highest BCUT2D eigenvalue weighted by Gasteiger charge is 2.74. The molecular weight excluding hydrogens is 452 g/mol. The molecule has 190 valence electrons. The Morgan fingerprint density at radius 1 is 1.26 bits per heavy atom. The first kappa shape index (κ1) is 24.3. The van der Waals surface area contributed by atoms with Gasteiger partial charge in [0.05, 0.1) is 32.2 Å². The molecule has 2 saturated carbocycles. The van der Waals surface area contributed by atoms with Crippen LogP contribution in [0.4, 0.5) is 0 Å². The van der Waals surface area contributed by atoms with Crippen LogP contribution >= 0.6 is 0 Å². The van der Waals surface area contributed by atoms with Crippen molar-refractivity contribution < 1.29 is 38.1 Å². The van der Waals surface area contributed by atoms with Crippen molar-refractivity contribution in [3.8, 4) is 0 Å². The molecule has 1 N–H and O–H groups in total. The van der Waals surface area contributed by atoms with E-state index < -0.39 is 58.0 Å². The molecule has 1 aromatic rings. The highest BCUT2D eigenvalue weighted by Crippen LogP contribution is 2.71. The Morgan fingerprint density at radius 3 is 2.60 bits per heavy atom. The van der Waals surface area contributed by atoms with E-state index in [4.69, 9.17) is 18.6 Å². The van der Waals surface area contributed by atoms with Crippen molar-refractivity contribution in [3.05, 3.63) is 36.3 Å². The molecule has 1 unspecified atom stereocenters. The molecule has 0 radical (unpaired) electrons. The maximum absolute atomic E-state index is 13.4. The number of aliphatic hydroxyl groups excluding tert-OH is 1. The second-order valence-corrected chi connectivity index (χ2v) is 11.7. The van der Waals surface area contributed by atoms with Crippen LogP contribution in [-0.4, -0.2) is 47.7 Å². The van der Waals surface area contributed by atoms with E-state index in [1.165, 1.54) is 7.11 Å². The summed E-state index contributed by atoms with van der Waals surface area (Å²) in [6, 6.07) is 1.79. The van der Waals surface area contributed by atoms with Crippen molar-refractivity contribution in [1.82, 2.24) is 0 Å². The lowest BCUT2D eigenvalue weighted by Crippen LogP contribution is -2.74. The lowest BCUT2D eigenvalue weighted by atomic mass is 9.41. The van der Waals surface area contributed by atoms with Gasteiger partial charge in [-0.2, -0.15) is 0 Å². The SMILES string of the molecule is C=C1[C@@H]2CC[C@@]3(C)[C@@H](c4ccoc4)OC(=O)C[C@@]13O[C@H]1CC(=O)C(C)(C)[C@H](C(O)C(=O)OC)[C@]12C. The summed E-state index contributed by atoms with van der Waals surface area (Å²) in [4.78, 5) is 39.0. The number of rotatable bonds is 3. The average molecular weight is 487 g/mol. The summed E-state index contributed by atoms with van der Waals surface area (Å²) in [5.74, 6) is -2.20. The lowest BCUT2D eigenvalue weighted by molar-refractivity contribution is -0.303. The first-order valence-electron chi connectivity index (χ1n) is 12.2. The molecule has 1 aromatic heterocycles. The van der Waals surface area contributed by atoms with Crippen LogP contribution in [0.25, 0.3) is 0 Å². The van der Waals surface area contributed by atoms with Gasteiger partial charge in [-0.3, -0.25) is 9.59 Å². The zero-order valence-electron chi connectivity index (χ0n) is 21.0. The summed E-state index contributed by atoms with van der Waals surface area (Å²) in [5, 5.41) is 11.2. The van der Waals surface area contributed by atoms with E-state index in [0.29, 0.717) is 12.8 Å². The number of aliphatic hydroxyl groups is 1. The normalized spacial score (nSPS) is 43.0. The largest absolute Gasteiger partial charge is 0.472 e. The lowest BCUT2D eigenvalue weighted by Gasteiger charge is -2.70. The molecule has 5 rings (SSSR count). The van der Waals surface area contributed by atoms with Crippen molar-refractivity contribution in [2.45, 2.75) is 77.3 Å². The highest BCUT2D eigenvalue weighted by atomic mass is 16.6. The van der Waals surface area contributed by atoms with E-state index in [2.05, 4.69) is 13.5 Å². The molecule has 8 atom stereocenters. The van der Waals surface area contributed by atoms with Gasteiger partial charge in [-0.1, -0.05) is 34.3 Å². The minimum absolute atomic E-state index is 0.00156. The molecule has 1 spiro atoms. The molecule has 3 heterocycles. The maximum atomic E-state index is 13.4. The number of fused-ring (bicyclic) bond motifs is 3. The van der Waals surface area contributed by atoms with Gasteiger partial charge in [-0.15, -0.1) is 0 Å².